The SMILES string of the molecule is CCOc1ccc(/C(O)=C2\C(=O)C(=O)N(c3nc4ccc(CC)cc4s3)C2c2cccc(OC)c2)cc1. The molecule has 37 heavy (non-hydrogen) atoms. The van der Waals surface area contributed by atoms with Crippen LogP contribution in [-0.2, 0) is 16.0 Å². The summed E-state index contributed by atoms with van der Waals surface area (Å²) in [5.74, 6) is -0.556. The zero-order chi connectivity index (χ0) is 26.1. The van der Waals surface area contributed by atoms with Gasteiger partial charge in [0.2, 0.25) is 0 Å². The molecule has 1 saturated heterocycles. The molecule has 1 aliphatic heterocycles. The number of aryl methyl sites for hydroxylation is 1. The number of ketones is 1. The van der Waals surface area contributed by atoms with Crippen molar-refractivity contribution >= 4 is 44.1 Å². The van der Waals surface area contributed by atoms with Crippen LogP contribution in [0.1, 0.15) is 36.6 Å². The third-order valence-corrected chi connectivity index (χ3v) is 7.37. The second-order valence-electron chi connectivity index (χ2n) is 8.56. The van der Waals surface area contributed by atoms with E-state index in [1.54, 1.807) is 55.6 Å². The molecule has 1 aliphatic rings. The number of aliphatic hydroxyl groups is 1. The molecule has 0 radical (unpaired) electrons. The van der Waals surface area contributed by atoms with Gasteiger partial charge in [0.1, 0.15) is 17.3 Å². The van der Waals surface area contributed by atoms with Crippen LogP contribution in [0.3, 0.4) is 0 Å². The number of Topliss-reactive ketones (excluding diaryl/α,β-unsaturated/α-hetero) is 1. The monoisotopic (exact) mass is 514 g/mol. The van der Waals surface area contributed by atoms with Crippen molar-refractivity contribution in [2.45, 2.75) is 26.3 Å². The topological polar surface area (TPSA) is 89.0 Å². The number of ether oxygens (including phenoxy) is 2. The minimum absolute atomic E-state index is 0.00378. The first kappa shape index (κ1) is 24.5. The van der Waals surface area contributed by atoms with Gasteiger partial charge in [0, 0.05) is 5.56 Å². The lowest BCUT2D eigenvalue weighted by Gasteiger charge is -2.23. The third-order valence-electron chi connectivity index (χ3n) is 6.35. The van der Waals surface area contributed by atoms with E-state index < -0.39 is 17.7 Å². The summed E-state index contributed by atoms with van der Waals surface area (Å²) in [4.78, 5) is 33.0. The van der Waals surface area contributed by atoms with E-state index in [1.807, 2.05) is 25.1 Å². The normalized spacial score (nSPS) is 16.9. The summed E-state index contributed by atoms with van der Waals surface area (Å²) in [6, 6.07) is 19.0. The van der Waals surface area contributed by atoms with Crippen LogP contribution in [0, 0.1) is 0 Å². The molecule has 1 fully saturated rings. The molecular weight excluding hydrogens is 488 g/mol. The van der Waals surface area contributed by atoms with Crippen LogP contribution in [0.25, 0.3) is 16.0 Å². The number of aromatic nitrogens is 1. The number of aliphatic hydroxyl groups excluding tert-OH is 1. The van der Waals surface area contributed by atoms with E-state index in [9.17, 15) is 14.7 Å². The van der Waals surface area contributed by atoms with Crippen LogP contribution < -0.4 is 14.4 Å². The van der Waals surface area contributed by atoms with Crippen molar-refractivity contribution in [1.82, 2.24) is 4.98 Å². The number of carbonyl (C=O) groups is 2. The van der Waals surface area contributed by atoms with Crippen LogP contribution in [0.5, 0.6) is 11.5 Å². The molecule has 0 bridgehead atoms. The van der Waals surface area contributed by atoms with Crippen LogP contribution in [-0.4, -0.2) is 35.5 Å². The fourth-order valence-electron chi connectivity index (χ4n) is 4.47. The highest BCUT2D eigenvalue weighted by molar-refractivity contribution is 7.22. The first-order valence-electron chi connectivity index (χ1n) is 12.0. The molecule has 1 unspecified atom stereocenters. The van der Waals surface area contributed by atoms with Gasteiger partial charge in [-0.25, -0.2) is 4.98 Å². The lowest BCUT2D eigenvalue weighted by Crippen LogP contribution is -2.29. The number of methoxy groups -OCH3 is 1. The van der Waals surface area contributed by atoms with Crippen LogP contribution in [0.15, 0.2) is 72.3 Å². The highest BCUT2D eigenvalue weighted by Gasteiger charge is 2.48. The number of amides is 1. The van der Waals surface area contributed by atoms with Gasteiger partial charge in [-0.2, -0.15) is 0 Å². The molecule has 1 N–H and O–H groups in total. The minimum Gasteiger partial charge on any atom is -0.507 e. The average molecular weight is 515 g/mol. The Morgan fingerprint density at radius 3 is 2.51 bits per heavy atom. The van der Waals surface area contributed by atoms with Gasteiger partial charge in [0.25, 0.3) is 5.78 Å². The van der Waals surface area contributed by atoms with Gasteiger partial charge in [-0.1, -0.05) is 36.5 Å². The van der Waals surface area contributed by atoms with Gasteiger partial charge < -0.3 is 14.6 Å². The van der Waals surface area contributed by atoms with Crippen molar-refractivity contribution in [2.75, 3.05) is 18.6 Å². The fourth-order valence-corrected chi connectivity index (χ4v) is 5.52. The van der Waals surface area contributed by atoms with E-state index >= 15 is 0 Å². The molecule has 8 heteroatoms. The Labute approximate surface area is 218 Å². The van der Waals surface area contributed by atoms with E-state index in [2.05, 4.69) is 6.92 Å². The zero-order valence-corrected chi connectivity index (χ0v) is 21.5. The number of hydrogen-bond acceptors (Lipinski definition) is 7. The van der Waals surface area contributed by atoms with Crippen molar-refractivity contribution in [2.24, 2.45) is 0 Å². The second-order valence-corrected chi connectivity index (χ2v) is 9.56. The quantitative estimate of drug-likeness (QED) is 0.188. The molecule has 0 spiro atoms. The molecule has 5 rings (SSSR count). The zero-order valence-electron chi connectivity index (χ0n) is 20.7. The van der Waals surface area contributed by atoms with Crippen molar-refractivity contribution in [3.63, 3.8) is 0 Å². The van der Waals surface area contributed by atoms with E-state index in [4.69, 9.17) is 14.5 Å². The second kappa shape index (κ2) is 10.1. The molecule has 1 atom stereocenters. The number of benzene rings is 3. The lowest BCUT2D eigenvalue weighted by molar-refractivity contribution is -0.132. The first-order chi connectivity index (χ1) is 17.9. The molecule has 2 heterocycles. The minimum atomic E-state index is -0.882. The molecule has 1 aromatic heterocycles. The fraction of sp³-hybridized carbons (Fsp3) is 0.207. The number of hydrogen-bond donors (Lipinski definition) is 1. The number of nitrogens with zero attached hydrogens (tertiary/aromatic N) is 2. The van der Waals surface area contributed by atoms with Crippen molar-refractivity contribution in [3.8, 4) is 11.5 Å². The lowest BCUT2D eigenvalue weighted by atomic mass is 9.95. The van der Waals surface area contributed by atoms with Gasteiger partial charge in [-0.05, 0) is 73.0 Å². The molecule has 1 amide bonds. The molecule has 188 valence electrons. The van der Waals surface area contributed by atoms with Gasteiger partial charge in [0.05, 0.1) is 35.5 Å². The van der Waals surface area contributed by atoms with Crippen molar-refractivity contribution in [1.29, 1.82) is 0 Å². The van der Waals surface area contributed by atoms with Crippen LogP contribution >= 0.6 is 11.3 Å². The Morgan fingerprint density at radius 1 is 1.03 bits per heavy atom. The number of thiazole rings is 1. The summed E-state index contributed by atoms with van der Waals surface area (Å²) in [7, 11) is 1.55. The number of rotatable bonds is 7. The van der Waals surface area contributed by atoms with Gasteiger partial charge in [0.15, 0.2) is 5.13 Å². The van der Waals surface area contributed by atoms with Crippen LogP contribution in [0.4, 0.5) is 5.13 Å². The smallest absolute Gasteiger partial charge is 0.301 e. The Bertz CT molecular complexity index is 1520. The standard InChI is InChI=1S/C29H26N2O5S/c1-4-17-9-14-22-23(15-17)37-29(30-22)31-25(19-7-6-8-21(16-19)35-3)24(27(33)28(31)34)26(32)18-10-12-20(13-11-18)36-5-2/h6-16,25,32H,4-5H2,1-3H3/b26-24+. The molecule has 3 aromatic carbocycles. The van der Waals surface area contributed by atoms with Gasteiger partial charge in [-0.15, -0.1) is 0 Å². The Morgan fingerprint density at radius 2 is 1.81 bits per heavy atom. The summed E-state index contributed by atoms with van der Waals surface area (Å²) in [6.07, 6.45) is 0.875. The highest BCUT2D eigenvalue weighted by atomic mass is 32.1. The van der Waals surface area contributed by atoms with Gasteiger partial charge >= 0.3 is 5.91 Å². The third kappa shape index (κ3) is 4.44. The summed E-state index contributed by atoms with van der Waals surface area (Å²) in [6.45, 7) is 4.47. The summed E-state index contributed by atoms with van der Waals surface area (Å²) in [5, 5.41) is 11.7. The number of fused-ring (bicyclic) bond motifs is 1. The summed E-state index contributed by atoms with van der Waals surface area (Å²) >= 11 is 1.34. The average Bonchev–Trinajstić information content (AvgIpc) is 3.46. The molecule has 7 nitrogen and oxygen atoms in total. The Balaban J connectivity index is 1.68. The summed E-state index contributed by atoms with van der Waals surface area (Å²) in [5.41, 5.74) is 2.93. The van der Waals surface area contributed by atoms with E-state index in [1.165, 1.54) is 16.2 Å². The molecular formula is C29H26N2O5S. The predicted molar refractivity (Wildman–Crippen MR) is 144 cm³/mol. The molecule has 4 aromatic rings. The largest absolute Gasteiger partial charge is 0.507 e. The highest BCUT2D eigenvalue weighted by Crippen LogP contribution is 2.45. The van der Waals surface area contributed by atoms with Crippen LogP contribution in [0.2, 0.25) is 0 Å². The Kier molecular flexibility index (Phi) is 6.67. The van der Waals surface area contributed by atoms with E-state index in [0.29, 0.717) is 34.4 Å². The Hall–Kier alpha value is -4.17. The van der Waals surface area contributed by atoms with E-state index in [-0.39, 0.29) is 11.3 Å². The maximum absolute atomic E-state index is 13.5. The maximum Gasteiger partial charge on any atom is 0.301 e. The van der Waals surface area contributed by atoms with Crippen molar-refractivity contribution in [3.05, 3.63) is 89.0 Å². The predicted octanol–water partition coefficient (Wildman–Crippen LogP) is 5.89. The number of anilines is 1. The first-order valence-corrected chi connectivity index (χ1v) is 12.8. The van der Waals surface area contributed by atoms with Gasteiger partial charge in [-0.3, -0.25) is 14.5 Å². The number of carbonyl (C=O) groups excluding carboxylic acids is 2. The molecule has 0 saturated carbocycles. The van der Waals surface area contributed by atoms with E-state index in [0.717, 1.165) is 22.2 Å². The van der Waals surface area contributed by atoms with Crippen molar-refractivity contribution < 1.29 is 24.2 Å². The summed E-state index contributed by atoms with van der Waals surface area (Å²) < 4.78 is 11.8. The maximum atomic E-state index is 13.5. The molecule has 0 aliphatic carbocycles.